The predicted molar refractivity (Wildman–Crippen MR) is 127 cm³/mol. The van der Waals surface area contributed by atoms with Crippen molar-refractivity contribution in [2.75, 3.05) is 25.5 Å². The lowest BCUT2D eigenvalue weighted by atomic mass is 10.0. The highest BCUT2D eigenvalue weighted by atomic mass is 16.3. The second kappa shape index (κ2) is 17.7. The lowest BCUT2D eigenvalue weighted by Gasteiger charge is -2.15. The van der Waals surface area contributed by atoms with Gasteiger partial charge in [0.1, 0.15) is 0 Å². The maximum Gasteiger partial charge on any atom is 0.0853 e. The Kier molecular flexibility index (Phi) is 15.8. The Balaban J connectivity index is 1.93. The first-order valence-electron chi connectivity index (χ1n) is 12.2. The minimum Gasteiger partial charge on any atom is -0.390 e. The molecule has 0 saturated heterocycles. The Morgan fingerprint density at radius 1 is 0.759 bits per heavy atom. The van der Waals surface area contributed by atoms with Gasteiger partial charge in [0.25, 0.3) is 0 Å². The summed E-state index contributed by atoms with van der Waals surface area (Å²) in [5.41, 5.74) is 2.84. The normalized spacial score (nSPS) is 11.2. The van der Waals surface area contributed by atoms with Crippen molar-refractivity contribution >= 4 is 5.69 Å². The zero-order valence-corrected chi connectivity index (χ0v) is 19.5. The van der Waals surface area contributed by atoms with E-state index in [0.29, 0.717) is 0 Å². The maximum absolute atomic E-state index is 9.38. The van der Waals surface area contributed by atoms with Crippen LogP contribution < -0.4 is 10.2 Å². The van der Waals surface area contributed by atoms with E-state index in [1.807, 2.05) is 20.2 Å². The lowest BCUT2D eigenvalue weighted by Crippen LogP contribution is -2.17. The Morgan fingerprint density at radius 2 is 1.24 bits per heavy atom. The van der Waals surface area contributed by atoms with Crippen molar-refractivity contribution < 1.29 is 5.11 Å². The molecule has 0 radical (unpaired) electrons. The molecule has 0 atom stereocenters. The first-order chi connectivity index (χ1) is 14.2. The van der Waals surface area contributed by atoms with Gasteiger partial charge in [0.05, 0.1) is 18.0 Å². The van der Waals surface area contributed by atoms with Gasteiger partial charge < -0.3 is 15.3 Å². The minimum atomic E-state index is -0.00631. The van der Waals surface area contributed by atoms with Gasteiger partial charge in [-0.25, -0.2) is 0 Å². The monoisotopic (exact) mass is 405 g/mol. The molecule has 4 heteroatoms. The Hall–Kier alpha value is -1.13. The summed E-state index contributed by atoms with van der Waals surface area (Å²) in [6.07, 6.45) is 19.6. The van der Waals surface area contributed by atoms with Crippen molar-refractivity contribution in [3.05, 3.63) is 23.5 Å². The number of unbranched alkanes of at least 4 members (excludes halogenated alkanes) is 13. The summed E-state index contributed by atoms with van der Waals surface area (Å²) in [7, 11) is 4.03. The highest BCUT2D eigenvalue weighted by molar-refractivity contribution is 5.46. The first kappa shape index (κ1) is 25.9. The Bertz CT molecular complexity index is 505. The number of nitrogens with zero attached hydrogens (tertiary/aromatic N) is 2. The smallest absolute Gasteiger partial charge is 0.0853 e. The molecule has 0 fully saturated rings. The van der Waals surface area contributed by atoms with Crippen molar-refractivity contribution in [2.45, 2.75) is 110 Å². The molecule has 0 bridgehead atoms. The van der Waals surface area contributed by atoms with Crippen LogP contribution in [0.3, 0.4) is 0 Å². The molecule has 0 saturated carbocycles. The van der Waals surface area contributed by atoms with E-state index >= 15 is 0 Å². The van der Waals surface area contributed by atoms with Crippen molar-refractivity contribution in [1.82, 2.24) is 10.3 Å². The van der Waals surface area contributed by atoms with Crippen molar-refractivity contribution in [3.8, 4) is 0 Å². The van der Waals surface area contributed by atoms with Crippen LogP contribution in [0.2, 0.25) is 0 Å². The summed E-state index contributed by atoms with van der Waals surface area (Å²) in [6.45, 7) is 4.09. The molecule has 0 unspecified atom stereocenters. The Morgan fingerprint density at radius 3 is 1.72 bits per heavy atom. The van der Waals surface area contributed by atoms with Crippen LogP contribution in [0, 0.1) is 0 Å². The molecule has 0 aromatic carbocycles. The molecule has 0 aliphatic carbocycles. The number of hydrogen-bond donors (Lipinski definition) is 2. The van der Waals surface area contributed by atoms with Crippen molar-refractivity contribution in [3.63, 3.8) is 0 Å². The topological polar surface area (TPSA) is 48.4 Å². The summed E-state index contributed by atoms with van der Waals surface area (Å²) in [5.74, 6) is 0. The number of aliphatic hydroxyl groups is 1. The fourth-order valence-electron chi connectivity index (χ4n) is 3.72. The summed E-state index contributed by atoms with van der Waals surface area (Å²) in [5, 5.41) is 12.9. The number of nitrogens with one attached hydrogen (secondary N) is 1. The molecule has 0 aliphatic heterocycles. The number of anilines is 1. The van der Waals surface area contributed by atoms with E-state index in [4.69, 9.17) is 0 Å². The summed E-state index contributed by atoms with van der Waals surface area (Å²) in [6, 6.07) is 4.04. The largest absolute Gasteiger partial charge is 0.390 e. The molecule has 1 aromatic rings. The zero-order valence-electron chi connectivity index (χ0n) is 19.5. The zero-order chi connectivity index (χ0) is 21.2. The molecule has 168 valence electrons. The van der Waals surface area contributed by atoms with E-state index in [-0.39, 0.29) is 6.61 Å². The van der Waals surface area contributed by atoms with E-state index in [9.17, 15) is 5.11 Å². The first-order valence-corrected chi connectivity index (χ1v) is 12.2. The average Bonchev–Trinajstić information content (AvgIpc) is 2.73. The molecule has 1 rings (SSSR count). The third-order valence-corrected chi connectivity index (χ3v) is 5.61. The highest BCUT2D eigenvalue weighted by Gasteiger charge is 2.04. The minimum absolute atomic E-state index is 0.00631. The third-order valence-electron chi connectivity index (χ3n) is 5.61. The van der Waals surface area contributed by atoms with E-state index in [0.717, 1.165) is 30.2 Å². The third kappa shape index (κ3) is 13.7. The predicted octanol–water partition coefficient (Wildman–Crippen LogP) is 6.21. The number of hydrogen-bond acceptors (Lipinski definition) is 4. The molecule has 2 N–H and O–H groups in total. The maximum atomic E-state index is 9.38. The lowest BCUT2D eigenvalue weighted by molar-refractivity contribution is 0.276. The van der Waals surface area contributed by atoms with Crippen molar-refractivity contribution in [1.29, 1.82) is 0 Å². The molecule has 0 amide bonds. The summed E-state index contributed by atoms with van der Waals surface area (Å²) in [4.78, 5) is 6.56. The van der Waals surface area contributed by atoms with Crippen LogP contribution in [0.25, 0.3) is 0 Å². The van der Waals surface area contributed by atoms with Gasteiger partial charge >= 0.3 is 0 Å². The molecule has 1 aromatic heterocycles. The van der Waals surface area contributed by atoms with Crippen molar-refractivity contribution in [2.24, 2.45) is 0 Å². The molecular formula is C25H47N3O. The van der Waals surface area contributed by atoms with Crippen LogP contribution in [0.15, 0.2) is 12.1 Å². The van der Waals surface area contributed by atoms with Gasteiger partial charge in [-0.1, -0.05) is 90.4 Å². The van der Waals surface area contributed by atoms with Gasteiger partial charge in [-0.15, -0.1) is 0 Å². The van der Waals surface area contributed by atoms with E-state index in [1.165, 1.54) is 89.9 Å². The molecule has 29 heavy (non-hydrogen) atoms. The van der Waals surface area contributed by atoms with Gasteiger partial charge in [0.2, 0.25) is 0 Å². The highest BCUT2D eigenvalue weighted by Crippen LogP contribution is 2.15. The molecular weight excluding hydrogens is 358 g/mol. The van der Waals surface area contributed by atoms with Crippen LogP contribution in [-0.4, -0.2) is 30.7 Å². The molecule has 0 spiro atoms. The fourth-order valence-corrected chi connectivity index (χ4v) is 3.72. The van der Waals surface area contributed by atoms with Gasteiger partial charge in [-0.05, 0) is 25.1 Å². The van der Waals surface area contributed by atoms with Gasteiger partial charge in [-0.3, -0.25) is 4.98 Å². The number of aromatic nitrogens is 1. The molecule has 1 heterocycles. The fraction of sp³-hybridized carbons (Fsp3) is 0.800. The summed E-state index contributed by atoms with van der Waals surface area (Å²) < 4.78 is 0. The quantitative estimate of drug-likeness (QED) is 0.269. The average molecular weight is 406 g/mol. The van der Waals surface area contributed by atoms with Crippen LogP contribution in [-0.2, 0) is 13.2 Å². The SMILES string of the molecule is CCCCCCCCCCCCCCCCNCc1cc(N(C)C)cc(CO)n1. The van der Waals surface area contributed by atoms with E-state index < -0.39 is 0 Å². The van der Waals surface area contributed by atoms with Gasteiger partial charge in [-0.2, -0.15) is 0 Å². The van der Waals surface area contributed by atoms with E-state index in [2.05, 4.69) is 28.2 Å². The van der Waals surface area contributed by atoms with Gasteiger partial charge in [0, 0.05) is 26.3 Å². The van der Waals surface area contributed by atoms with Crippen LogP contribution in [0.4, 0.5) is 5.69 Å². The molecule has 0 aliphatic rings. The standard InChI is InChI=1S/C25H47N3O/c1-4-5-6-7-8-9-10-11-12-13-14-15-16-17-18-26-21-23-19-25(28(2)3)20-24(22-29)27-23/h19-20,26,29H,4-18,21-22H2,1-3H3. The van der Waals surface area contributed by atoms with Crippen LogP contribution >= 0.6 is 0 Å². The van der Waals surface area contributed by atoms with Crippen LogP contribution in [0.5, 0.6) is 0 Å². The number of aliphatic hydroxyl groups excluding tert-OH is 1. The number of rotatable bonds is 19. The second-order valence-electron chi connectivity index (χ2n) is 8.63. The molecule has 4 nitrogen and oxygen atoms in total. The van der Waals surface area contributed by atoms with Crippen LogP contribution in [0.1, 0.15) is 108 Å². The summed E-state index contributed by atoms with van der Waals surface area (Å²) >= 11 is 0. The second-order valence-corrected chi connectivity index (χ2v) is 8.63. The van der Waals surface area contributed by atoms with E-state index in [1.54, 1.807) is 0 Å². The Labute approximate surface area is 180 Å². The number of pyridine rings is 1. The van der Waals surface area contributed by atoms with Gasteiger partial charge in [0.15, 0.2) is 0 Å².